The van der Waals surface area contributed by atoms with Crippen LogP contribution in [0.1, 0.15) is 19.3 Å². The molecule has 2 bridgehead atoms. The third-order valence-electron chi connectivity index (χ3n) is 4.48. The minimum absolute atomic E-state index is 0. The lowest BCUT2D eigenvalue weighted by molar-refractivity contribution is -0.149. The molecule has 6 atom stereocenters. The van der Waals surface area contributed by atoms with E-state index < -0.39 is 5.97 Å². The molecule has 0 aromatic carbocycles. The highest BCUT2D eigenvalue weighted by molar-refractivity contribution is 5.85. The van der Waals surface area contributed by atoms with Crippen LogP contribution in [0.4, 0.5) is 0 Å². The zero-order valence-electron chi connectivity index (χ0n) is 7.93. The van der Waals surface area contributed by atoms with Crippen LogP contribution >= 0.6 is 12.4 Å². The number of fused-ring (bicyclic) bond motifs is 2. The standard InChI is InChI=1S/C10H15NO2.ClH/c11-9-5-2-1-4(6-3-7(5)6)8(9)10(12)13;/h4-9H,1-3,11H2,(H,12,13);1H/t4-,5+,6?,7?,8-,9-;/m0./s1. The smallest absolute Gasteiger partial charge is 0.308 e. The molecule has 0 amide bonds. The molecular formula is C10H16ClNO2. The SMILES string of the molecule is Cl.N[C@@H]1[C@@H](C(=O)O)[C@H]2CC[C@@H]1C1CC12. The van der Waals surface area contributed by atoms with Crippen molar-refractivity contribution < 1.29 is 9.90 Å². The molecule has 2 unspecified atom stereocenters. The Morgan fingerprint density at radius 2 is 1.71 bits per heavy atom. The molecule has 0 saturated heterocycles. The summed E-state index contributed by atoms with van der Waals surface area (Å²) in [7, 11) is 0. The second kappa shape index (κ2) is 3.11. The van der Waals surface area contributed by atoms with Gasteiger partial charge in [-0.3, -0.25) is 4.79 Å². The van der Waals surface area contributed by atoms with Gasteiger partial charge in [-0.15, -0.1) is 12.4 Å². The summed E-state index contributed by atoms with van der Waals surface area (Å²) < 4.78 is 0. The Bertz CT molecular complexity index is 271. The fourth-order valence-corrected chi connectivity index (χ4v) is 3.86. The average molecular weight is 218 g/mol. The van der Waals surface area contributed by atoms with Crippen LogP contribution in [0, 0.1) is 29.6 Å². The average Bonchev–Trinajstić information content (AvgIpc) is 2.83. The Balaban J connectivity index is 0.000000750. The van der Waals surface area contributed by atoms with E-state index in [0.717, 1.165) is 18.3 Å². The van der Waals surface area contributed by atoms with Crippen molar-refractivity contribution in [2.75, 3.05) is 0 Å². The molecule has 4 aliphatic carbocycles. The molecule has 0 aliphatic heterocycles. The van der Waals surface area contributed by atoms with Crippen LogP contribution in [0.15, 0.2) is 0 Å². The monoisotopic (exact) mass is 217 g/mol. The molecule has 14 heavy (non-hydrogen) atoms. The van der Waals surface area contributed by atoms with Crippen molar-refractivity contribution >= 4 is 18.4 Å². The first-order valence-electron chi connectivity index (χ1n) is 5.18. The van der Waals surface area contributed by atoms with E-state index in [1.165, 1.54) is 12.8 Å². The third kappa shape index (κ3) is 1.12. The van der Waals surface area contributed by atoms with E-state index in [9.17, 15) is 4.79 Å². The largest absolute Gasteiger partial charge is 0.481 e. The number of hydrogen-bond acceptors (Lipinski definition) is 2. The highest BCUT2D eigenvalue weighted by atomic mass is 35.5. The summed E-state index contributed by atoms with van der Waals surface area (Å²) in [6.45, 7) is 0. The summed E-state index contributed by atoms with van der Waals surface area (Å²) in [5.41, 5.74) is 6.00. The van der Waals surface area contributed by atoms with Gasteiger partial charge in [-0.2, -0.15) is 0 Å². The summed E-state index contributed by atoms with van der Waals surface area (Å²) in [5.74, 6) is 1.55. The zero-order chi connectivity index (χ0) is 9.16. The lowest BCUT2D eigenvalue weighted by Gasteiger charge is -2.44. The summed E-state index contributed by atoms with van der Waals surface area (Å²) in [6.07, 6.45) is 3.54. The van der Waals surface area contributed by atoms with Gasteiger partial charge in [-0.05, 0) is 42.9 Å². The van der Waals surface area contributed by atoms with E-state index in [2.05, 4.69) is 0 Å². The van der Waals surface area contributed by atoms with Crippen LogP contribution in [-0.2, 0) is 4.79 Å². The number of nitrogens with two attached hydrogens (primary N) is 1. The summed E-state index contributed by atoms with van der Waals surface area (Å²) >= 11 is 0. The van der Waals surface area contributed by atoms with E-state index in [1.807, 2.05) is 0 Å². The van der Waals surface area contributed by atoms with Crippen molar-refractivity contribution in [2.45, 2.75) is 25.3 Å². The van der Waals surface area contributed by atoms with Crippen molar-refractivity contribution in [3.8, 4) is 0 Å². The maximum Gasteiger partial charge on any atom is 0.308 e. The molecular weight excluding hydrogens is 202 g/mol. The molecule has 4 saturated carbocycles. The van der Waals surface area contributed by atoms with Crippen LogP contribution in [-0.4, -0.2) is 17.1 Å². The molecule has 3 nitrogen and oxygen atoms in total. The van der Waals surface area contributed by atoms with Gasteiger partial charge < -0.3 is 10.8 Å². The molecule has 4 fully saturated rings. The normalized spacial score (nSPS) is 53.2. The first-order valence-corrected chi connectivity index (χ1v) is 5.18. The summed E-state index contributed by atoms with van der Waals surface area (Å²) in [5, 5.41) is 9.09. The van der Waals surface area contributed by atoms with Crippen molar-refractivity contribution in [3.05, 3.63) is 0 Å². The first-order chi connectivity index (χ1) is 6.20. The van der Waals surface area contributed by atoms with Crippen molar-refractivity contribution in [2.24, 2.45) is 35.3 Å². The number of rotatable bonds is 1. The lowest BCUT2D eigenvalue weighted by Crippen LogP contribution is -2.53. The molecule has 4 heteroatoms. The molecule has 4 aliphatic rings. The highest BCUT2D eigenvalue weighted by Gasteiger charge is 2.62. The van der Waals surface area contributed by atoms with Gasteiger partial charge in [0.2, 0.25) is 0 Å². The third-order valence-corrected chi connectivity index (χ3v) is 4.48. The second-order valence-corrected chi connectivity index (χ2v) is 4.91. The molecule has 0 heterocycles. The number of carbonyl (C=O) groups is 1. The van der Waals surface area contributed by atoms with Crippen molar-refractivity contribution in [1.82, 2.24) is 0 Å². The minimum Gasteiger partial charge on any atom is -0.481 e. The molecule has 0 aromatic rings. The second-order valence-electron chi connectivity index (χ2n) is 4.91. The quantitative estimate of drug-likeness (QED) is 0.692. The maximum absolute atomic E-state index is 11.0. The number of carboxylic acids is 1. The topological polar surface area (TPSA) is 63.3 Å². The number of halogens is 1. The predicted octanol–water partition coefficient (Wildman–Crippen LogP) is 1.11. The van der Waals surface area contributed by atoms with Gasteiger partial charge >= 0.3 is 5.97 Å². The maximum atomic E-state index is 11.0. The summed E-state index contributed by atoms with van der Waals surface area (Å²) in [6, 6.07) is -0.0556. The van der Waals surface area contributed by atoms with Gasteiger partial charge in [-0.1, -0.05) is 0 Å². The first kappa shape index (κ1) is 10.2. The van der Waals surface area contributed by atoms with Crippen molar-refractivity contribution in [3.63, 3.8) is 0 Å². The summed E-state index contributed by atoms with van der Waals surface area (Å²) in [4.78, 5) is 11.0. The van der Waals surface area contributed by atoms with Gasteiger partial charge in [-0.25, -0.2) is 0 Å². The van der Waals surface area contributed by atoms with E-state index in [4.69, 9.17) is 10.8 Å². The minimum atomic E-state index is -0.660. The van der Waals surface area contributed by atoms with Gasteiger partial charge in [0, 0.05) is 6.04 Å². The van der Waals surface area contributed by atoms with Gasteiger partial charge in [0.25, 0.3) is 0 Å². The van der Waals surface area contributed by atoms with Crippen molar-refractivity contribution in [1.29, 1.82) is 0 Å². The Hall–Kier alpha value is -0.280. The molecule has 0 radical (unpaired) electrons. The van der Waals surface area contributed by atoms with E-state index >= 15 is 0 Å². The van der Waals surface area contributed by atoms with Crippen LogP contribution in [0.3, 0.4) is 0 Å². The fraction of sp³-hybridized carbons (Fsp3) is 0.900. The Labute approximate surface area is 89.5 Å². The Morgan fingerprint density at radius 3 is 2.36 bits per heavy atom. The highest BCUT2D eigenvalue weighted by Crippen LogP contribution is 2.63. The Kier molecular flexibility index (Phi) is 2.27. The lowest BCUT2D eigenvalue weighted by atomic mass is 9.62. The molecule has 4 rings (SSSR count). The molecule has 3 N–H and O–H groups in total. The Morgan fingerprint density at radius 1 is 1.14 bits per heavy atom. The number of hydrogen-bond donors (Lipinski definition) is 2. The van der Waals surface area contributed by atoms with Crippen LogP contribution < -0.4 is 5.73 Å². The van der Waals surface area contributed by atoms with Gasteiger partial charge in [0.1, 0.15) is 0 Å². The zero-order valence-corrected chi connectivity index (χ0v) is 8.74. The van der Waals surface area contributed by atoms with Crippen LogP contribution in [0.25, 0.3) is 0 Å². The molecule has 0 aromatic heterocycles. The predicted molar refractivity (Wildman–Crippen MR) is 54.2 cm³/mol. The van der Waals surface area contributed by atoms with E-state index in [-0.39, 0.29) is 24.4 Å². The fourth-order valence-electron chi connectivity index (χ4n) is 3.86. The van der Waals surface area contributed by atoms with Gasteiger partial charge in [0.05, 0.1) is 5.92 Å². The van der Waals surface area contributed by atoms with E-state index in [1.54, 1.807) is 0 Å². The van der Waals surface area contributed by atoms with E-state index in [0.29, 0.717) is 11.8 Å². The number of carboxylic acid groups (broad SMARTS) is 1. The van der Waals surface area contributed by atoms with Crippen LogP contribution in [0.2, 0.25) is 0 Å². The van der Waals surface area contributed by atoms with Crippen LogP contribution in [0.5, 0.6) is 0 Å². The van der Waals surface area contributed by atoms with Gasteiger partial charge in [0.15, 0.2) is 0 Å². The number of aliphatic carboxylic acids is 1. The molecule has 80 valence electrons. The molecule has 0 spiro atoms.